The first-order valence-electron chi connectivity index (χ1n) is 42.7. The number of halogens is 4. The number of nitrogens with zero attached hydrogens (tertiary/aromatic N) is 9. The van der Waals surface area contributed by atoms with E-state index in [1.807, 2.05) is 52.0 Å². The molecule has 12 aromatic carbocycles. The number of hydrogen-bond donors (Lipinski definition) is 2. The van der Waals surface area contributed by atoms with Crippen LogP contribution in [0.3, 0.4) is 0 Å². The summed E-state index contributed by atoms with van der Waals surface area (Å²) in [4.78, 5) is 56.0. The molecule has 1 saturated heterocycles. The molecule has 0 unspecified atom stereocenters. The van der Waals surface area contributed by atoms with Crippen LogP contribution in [0.25, 0.3) is 22.3 Å². The van der Waals surface area contributed by atoms with Crippen LogP contribution in [0.1, 0.15) is 33.4 Å². The molecule has 0 bridgehead atoms. The summed E-state index contributed by atoms with van der Waals surface area (Å²) in [5.74, 6) is 0.910. The summed E-state index contributed by atoms with van der Waals surface area (Å²) in [6.45, 7) is 8.10. The normalized spacial score (nSPS) is 11.6. The van der Waals surface area contributed by atoms with Crippen LogP contribution in [0.15, 0.2) is 480 Å². The van der Waals surface area contributed by atoms with Crippen molar-refractivity contribution in [2.75, 3.05) is 23.2 Å². The van der Waals surface area contributed by atoms with Gasteiger partial charge in [0.15, 0.2) is 5.78 Å². The fraction of sp³-hybridized carbons (Fsp3) is 0.0818. The molecule has 1 aliphatic rings. The number of carbonyl (C=O) groups excluding carboxylic acids is 2. The van der Waals surface area contributed by atoms with E-state index < -0.39 is 36.9 Å². The van der Waals surface area contributed by atoms with E-state index in [-0.39, 0.29) is 62.7 Å². The van der Waals surface area contributed by atoms with Crippen molar-refractivity contribution in [2.24, 2.45) is 0 Å². The third-order valence-corrected chi connectivity index (χ3v) is 31.1. The molecule has 680 valence electrons. The van der Waals surface area contributed by atoms with Gasteiger partial charge >= 0.3 is 7.12 Å². The van der Waals surface area contributed by atoms with Crippen molar-refractivity contribution in [1.82, 2.24) is 44.9 Å². The average Bonchev–Trinajstić information content (AvgIpc) is 1.64. The van der Waals surface area contributed by atoms with E-state index in [2.05, 4.69) is 425 Å². The second-order valence-electron chi connectivity index (χ2n) is 30.1. The van der Waals surface area contributed by atoms with Gasteiger partial charge in [-0.2, -0.15) is 0 Å². The second-order valence-corrected chi connectivity index (χ2v) is 40.9. The smallest absolute Gasteiger partial charge is 0.399 e. The monoisotopic (exact) mass is 2060 g/mol. The number of nitrogen functional groups attached to an aromatic ring is 2. The third-order valence-electron chi connectivity index (χ3n) is 20.1. The van der Waals surface area contributed by atoms with Crippen LogP contribution >= 0.6 is 82.4 Å². The number of rotatable bonds is 19. The molecule has 0 aliphatic carbocycles. The Labute approximate surface area is 834 Å². The minimum atomic E-state index is -0.508. The minimum absolute atomic E-state index is 0. The Kier molecular flexibility index (Phi) is 44.9. The van der Waals surface area contributed by atoms with Crippen LogP contribution in [0.5, 0.6) is 0 Å². The van der Waals surface area contributed by atoms with E-state index in [0.29, 0.717) is 11.6 Å². The Morgan fingerprint density at radius 2 is 0.526 bits per heavy atom. The maximum Gasteiger partial charge on any atom is 0.496 e. The van der Waals surface area contributed by atoms with Gasteiger partial charge in [-0.1, -0.05) is 376 Å². The predicted molar refractivity (Wildman–Crippen MR) is 571 cm³/mol. The van der Waals surface area contributed by atoms with Crippen molar-refractivity contribution in [3.05, 3.63) is 485 Å². The van der Waals surface area contributed by atoms with E-state index in [4.69, 9.17) is 55.6 Å². The van der Waals surface area contributed by atoms with Gasteiger partial charge in [-0.25, -0.2) is 39.9 Å². The number of nitrogens with two attached hydrogens (primary N) is 2. The first-order chi connectivity index (χ1) is 65.4. The number of hydrogen-bond acceptors (Lipinski definition) is 15. The molecule has 15 nitrogen and oxygen atoms in total. The summed E-state index contributed by atoms with van der Waals surface area (Å²) in [6.07, 6.45) is 20.1. The summed E-state index contributed by atoms with van der Waals surface area (Å²) in [7, 11) is -2.15. The average molecular weight is 2070 g/mol. The number of pyridine rings is 3. The molecular formula is C110H100BBrCl3N11O4P4Pd. The first kappa shape index (κ1) is 105. The Hall–Kier alpha value is -12.0. The van der Waals surface area contributed by atoms with Gasteiger partial charge in [0.25, 0.3) is 0 Å². The zero-order valence-corrected chi connectivity index (χ0v) is 83.6. The topological polar surface area (TPSA) is 221 Å². The van der Waals surface area contributed by atoms with E-state index in [1.54, 1.807) is 67.9 Å². The van der Waals surface area contributed by atoms with Gasteiger partial charge in [-0.15, -0.1) is 23.2 Å². The van der Waals surface area contributed by atoms with Crippen LogP contribution < -0.4 is 80.6 Å². The van der Waals surface area contributed by atoms with Crippen molar-refractivity contribution >= 4 is 181 Å². The van der Waals surface area contributed by atoms with Gasteiger partial charge in [-0.05, 0) is 175 Å². The van der Waals surface area contributed by atoms with Gasteiger partial charge in [0, 0.05) is 116 Å². The summed E-state index contributed by atoms with van der Waals surface area (Å²) in [5.41, 5.74) is 15.7. The summed E-state index contributed by atoms with van der Waals surface area (Å²) < 4.78 is 12.7. The van der Waals surface area contributed by atoms with Gasteiger partial charge in [0.2, 0.25) is 5.24 Å². The van der Waals surface area contributed by atoms with Gasteiger partial charge in [0.1, 0.15) is 30.6 Å². The fourth-order valence-electron chi connectivity index (χ4n) is 13.0. The van der Waals surface area contributed by atoms with Crippen LogP contribution in [0.2, 0.25) is 0 Å². The Balaban J connectivity index is 0.000000160. The Bertz CT molecular complexity index is 5460. The molecule has 6 aromatic heterocycles. The zero-order chi connectivity index (χ0) is 94.2. The van der Waals surface area contributed by atoms with E-state index in [0.717, 1.165) is 37.9 Å². The SMILES string of the molecule is Brc1cncnc1.CC1(C)OB(c2ccc(N)nc2)OC1(C)C.Nc1ccc(-c2cncnc2)cn1.O=C(CCl)Cc1ccc(-c2cncnc2)cn1.O=C(Cl)CCl.[Pd].c1ccc(P(c2ccccc2)c2ccccc2)cc1.c1ccc(P(c2ccccc2)c2ccccc2)cc1.c1ccc(P(c2ccccc2)c2ccccc2)cc1.c1ccc(P(c2ccccc2)c2ccccc2)cc1. The fourth-order valence-corrected chi connectivity index (χ4v) is 22.5. The number of benzene rings is 12. The van der Waals surface area contributed by atoms with Crippen molar-refractivity contribution in [3.63, 3.8) is 0 Å². The molecule has 18 aromatic rings. The molecule has 135 heavy (non-hydrogen) atoms. The number of carbonyl (C=O) groups is 2. The largest absolute Gasteiger partial charge is 0.496 e. The van der Waals surface area contributed by atoms with E-state index in [9.17, 15) is 9.59 Å². The second kappa shape index (κ2) is 57.7. The number of anilines is 2. The molecule has 1 fully saturated rings. The van der Waals surface area contributed by atoms with Crippen LogP contribution in [0.4, 0.5) is 11.6 Å². The molecule has 25 heteroatoms. The summed E-state index contributed by atoms with van der Waals surface area (Å²) in [6, 6.07) is 140. The molecule has 0 amide bonds. The Morgan fingerprint density at radius 1 is 0.304 bits per heavy atom. The van der Waals surface area contributed by atoms with Gasteiger partial charge in [0.05, 0.1) is 27.4 Å². The van der Waals surface area contributed by atoms with Crippen LogP contribution in [-0.2, 0) is 45.7 Å². The number of alkyl halides is 2. The quantitative estimate of drug-likeness (QED) is 0.0333. The minimum Gasteiger partial charge on any atom is -0.399 e. The molecule has 4 N–H and O–H groups in total. The van der Waals surface area contributed by atoms with Gasteiger partial charge < -0.3 is 20.8 Å². The Morgan fingerprint density at radius 3 is 0.711 bits per heavy atom. The molecule has 0 atom stereocenters. The van der Waals surface area contributed by atoms with Crippen molar-refractivity contribution in [1.29, 1.82) is 0 Å². The molecule has 0 radical (unpaired) electrons. The molecular weight excluding hydrogens is 1970 g/mol. The standard InChI is InChI=1S/4C18H15P.C12H10ClN3O.C11H17BN2O2.C9H8N4.C4H3BrN2.C2H2Cl2O.Pd/c4*1-4-10-16(11-5-1)19(17-12-6-2-7-13-17)18-14-8-3-9-15-18;13-4-12(17)3-11-2-1-9(7-16-11)10-5-14-8-15-6-10;1-10(2)11(3,4)16-12(15-10)8-5-6-9(13)14-7-8;10-9-2-1-7(5-13-9)8-3-11-6-12-4-8;5-4-1-6-3-7-2-4;3-1-2(4)5;/h4*1-15H;1-2,5-8H,3-4H2;5-7H,1-4H3,(H2,13,14);1-6H,(H2,10,13);1-3H;1H2;. The third kappa shape index (κ3) is 34.7. The van der Waals surface area contributed by atoms with E-state index in [1.165, 1.54) is 82.6 Å². The van der Waals surface area contributed by atoms with Crippen LogP contribution in [-0.4, -0.2) is 86.0 Å². The molecule has 0 saturated carbocycles. The maximum absolute atomic E-state index is 11.1. The van der Waals surface area contributed by atoms with Crippen molar-refractivity contribution in [3.8, 4) is 22.3 Å². The summed E-state index contributed by atoms with van der Waals surface area (Å²) >= 11 is 18.2. The van der Waals surface area contributed by atoms with Crippen molar-refractivity contribution in [2.45, 2.75) is 45.3 Å². The van der Waals surface area contributed by atoms with E-state index >= 15 is 0 Å². The summed E-state index contributed by atoms with van der Waals surface area (Å²) in [5, 5.41) is 16.3. The predicted octanol–water partition coefficient (Wildman–Crippen LogP) is 20.0. The number of aromatic nitrogens is 9. The number of ketones is 1. The zero-order valence-electron chi connectivity index (χ0n) is 74.7. The van der Waals surface area contributed by atoms with Crippen LogP contribution in [0, 0.1) is 0 Å². The number of Topliss-reactive ketones (excluding diaryl/α,β-unsaturated/α-hetero) is 1. The molecule has 0 spiro atoms. The molecule has 19 rings (SSSR count). The maximum atomic E-state index is 11.1. The molecule has 7 heterocycles. The van der Waals surface area contributed by atoms with Gasteiger partial charge in [-0.3, -0.25) is 14.6 Å². The van der Waals surface area contributed by atoms with Crippen molar-refractivity contribution < 1.29 is 39.3 Å². The first-order valence-corrected chi connectivity index (χ1v) is 50.3. The molecule has 1 aliphatic heterocycles.